The third-order valence-electron chi connectivity index (χ3n) is 4.67. The summed E-state index contributed by atoms with van der Waals surface area (Å²) < 4.78 is 39.6. The van der Waals surface area contributed by atoms with Crippen molar-refractivity contribution in [2.45, 2.75) is 32.6 Å². The van der Waals surface area contributed by atoms with Crippen LogP contribution in [0.5, 0.6) is 17.4 Å². The maximum absolute atomic E-state index is 11.6. The quantitative estimate of drug-likeness (QED) is 0.396. The number of carbonyl (C=O) groups is 1. The first kappa shape index (κ1) is 24.2. The lowest BCUT2D eigenvalue weighted by molar-refractivity contribution is -0.114. The van der Waals surface area contributed by atoms with Gasteiger partial charge in [0.05, 0.1) is 28.9 Å². The second-order valence-electron chi connectivity index (χ2n) is 7.95. The number of hydrogen-bond donors (Lipinski definition) is 3. The van der Waals surface area contributed by atoms with E-state index in [4.69, 9.17) is 14.2 Å². The number of nitrogens with one attached hydrogen (secondary N) is 2. The number of aromatic nitrogens is 3. The highest BCUT2D eigenvalue weighted by Gasteiger charge is 2.18. The molecule has 0 aliphatic carbocycles. The molecule has 0 aromatic carbocycles. The lowest BCUT2D eigenvalue weighted by Gasteiger charge is -2.19. The van der Waals surface area contributed by atoms with Crippen molar-refractivity contribution in [2.75, 3.05) is 23.8 Å². The summed E-state index contributed by atoms with van der Waals surface area (Å²) in [4.78, 5) is 24.9. The molecule has 0 saturated heterocycles. The summed E-state index contributed by atoms with van der Waals surface area (Å²) in [5, 5.41) is 5.85. The molecule has 0 bridgehead atoms. The van der Waals surface area contributed by atoms with Gasteiger partial charge < -0.3 is 24.8 Å². The average Bonchev–Trinajstić information content (AvgIpc) is 2.77. The van der Waals surface area contributed by atoms with E-state index < -0.39 is 10.7 Å². The Bertz CT molecular complexity index is 1320. The smallest absolute Gasteiger partial charge is 0.257 e. The standard InChI is InChI=1S/C23H25N5O6S/c1-13(2)34-16-8-15(12-35(30)31)26-22(9-16)27-19-10-21(25-14(3)29)24-11-17(19)18-4-5-20-23(28-18)33-7-6-32-20/h4-5,8-11,13,35H,6-7,12H2,1-3H3,(H2,24,25,26,27,29). The highest BCUT2D eigenvalue weighted by Crippen LogP contribution is 2.35. The van der Waals surface area contributed by atoms with Gasteiger partial charge in [0.25, 0.3) is 5.88 Å². The van der Waals surface area contributed by atoms with Gasteiger partial charge >= 0.3 is 0 Å². The van der Waals surface area contributed by atoms with Crippen molar-refractivity contribution in [1.82, 2.24) is 15.0 Å². The Hall–Kier alpha value is -3.93. The van der Waals surface area contributed by atoms with Gasteiger partial charge in [0.2, 0.25) is 5.91 Å². The summed E-state index contributed by atoms with van der Waals surface area (Å²) >= 11 is 0. The van der Waals surface area contributed by atoms with Crippen LogP contribution in [0.3, 0.4) is 0 Å². The maximum Gasteiger partial charge on any atom is 0.257 e. The van der Waals surface area contributed by atoms with Gasteiger partial charge in [-0.1, -0.05) is 0 Å². The summed E-state index contributed by atoms with van der Waals surface area (Å²) in [7, 11) is -2.68. The number of carbonyl (C=O) groups excluding carboxylic acids is 1. The molecule has 35 heavy (non-hydrogen) atoms. The first-order chi connectivity index (χ1) is 16.8. The predicted octanol–water partition coefficient (Wildman–Crippen LogP) is 2.91. The van der Waals surface area contributed by atoms with Gasteiger partial charge in [-0.15, -0.1) is 0 Å². The van der Waals surface area contributed by atoms with E-state index in [1.807, 2.05) is 13.8 Å². The number of fused-ring (bicyclic) bond motifs is 1. The fourth-order valence-corrected chi connectivity index (χ4v) is 3.83. The molecule has 3 aromatic rings. The summed E-state index contributed by atoms with van der Waals surface area (Å²) in [6, 6.07) is 8.43. The molecule has 3 aromatic heterocycles. The second kappa shape index (κ2) is 10.6. The molecule has 184 valence electrons. The van der Waals surface area contributed by atoms with E-state index in [0.29, 0.717) is 64.9 Å². The van der Waals surface area contributed by atoms with Gasteiger partial charge in [-0.25, -0.2) is 23.4 Å². The van der Waals surface area contributed by atoms with Gasteiger partial charge in [-0.2, -0.15) is 0 Å². The molecule has 0 radical (unpaired) electrons. The number of hydrogen-bond acceptors (Lipinski definition) is 10. The van der Waals surface area contributed by atoms with E-state index in [9.17, 15) is 13.2 Å². The largest absolute Gasteiger partial charge is 0.491 e. The molecule has 1 aliphatic heterocycles. The predicted molar refractivity (Wildman–Crippen MR) is 130 cm³/mol. The highest BCUT2D eigenvalue weighted by molar-refractivity contribution is 7.71. The zero-order chi connectivity index (χ0) is 24.9. The first-order valence-corrected chi connectivity index (χ1v) is 12.2. The first-order valence-electron chi connectivity index (χ1n) is 10.9. The van der Waals surface area contributed by atoms with Crippen molar-refractivity contribution < 1.29 is 27.4 Å². The number of pyridine rings is 3. The van der Waals surface area contributed by atoms with Crippen molar-refractivity contribution in [3.63, 3.8) is 0 Å². The third-order valence-corrected chi connectivity index (χ3v) is 5.25. The molecule has 4 rings (SSSR count). The van der Waals surface area contributed by atoms with Crippen LogP contribution in [-0.2, 0) is 21.3 Å². The van der Waals surface area contributed by atoms with Crippen molar-refractivity contribution in [2.24, 2.45) is 0 Å². The van der Waals surface area contributed by atoms with E-state index in [1.54, 1.807) is 36.5 Å². The topological polar surface area (TPSA) is 142 Å². The SMILES string of the molecule is CC(=O)Nc1cc(Nc2cc(OC(C)C)cc(C[SH](=O)=O)n2)c(-c2ccc3c(n2)OCCO3)cn1. The third kappa shape index (κ3) is 6.35. The lowest BCUT2D eigenvalue weighted by Crippen LogP contribution is -2.16. The van der Waals surface area contributed by atoms with Crippen LogP contribution >= 0.6 is 0 Å². The second-order valence-corrected chi connectivity index (χ2v) is 8.94. The van der Waals surface area contributed by atoms with Crippen LogP contribution in [-0.4, -0.2) is 48.6 Å². The number of anilines is 3. The Morgan fingerprint density at radius 2 is 1.91 bits per heavy atom. The molecular formula is C23H25N5O6S. The zero-order valence-corrected chi connectivity index (χ0v) is 20.3. The Balaban J connectivity index is 1.77. The number of ether oxygens (including phenoxy) is 3. The summed E-state index contributed by atoms with van der Waals surface area (Å²) in [5.74, 6) is 1.56. The Kier molecular flexibility index (Phi) is 7.30. The average molecular weight is 500 g/mol. The summed E-state index contributed by atoms with van der Waals surface area (Å²) in [6.45, 7) is 5.97. The molecule has 0 fully saturated rings. The van der Waals surface area contributed by atoms with Crippen LogP contribution in [0.4, 0.5) is 17.3 Å². The Morgan fingerprint density at radius 3 is 2.66 bits per heavy atom. The van der Waals surface area contributed by atoms with Gasteiger partial charge in [0.1, 0.15) is 41.3 Å². The van der Waals surface area contributed by atoms with Crippen LogP contribution in [0.15, 0.2) is 36.5 Å². The molecule has 12 heteroatoms. The Morgan fingerprint density at radius 1 is 1.11 bits per heavy atom. The van der Waals surface area contributed by atoms with E-state index in [2.05, 4.69) is 25.6 Å². The normalized spacial score (nSPS) is 12.5. The van der Waals surface area contributed by atoms with Gasteiger partial charge in [-0.05, 0) is 26.0 Å². The van der Waals surface area contributed by atoms with Crippen LogP contribution in [0.2, 0.25) is 0 Å². The van der Waals surface area contributed by atoms with Crippen LogP contribution in [0, 0.1) is 0 Å². The van der Waals surface area contributed by atoms with Gasteiger partial charge in [0, 0.05) is 36.9 Å². The number of rotatable bonds is 8. The minimum atomic E-state index is -2.68. The van der Waals surface area contributed by atoms with Crippen molar-refractivity contribution in [3.8, 4) is 28.6 Å². The molecule has 2 N–H and O–H groups in total. The van der Waals surface area contributed by atoms with Crippen molar-refractivity contribution >= 4 is 33.9 Å². The minimum absolute atomic E-state index is 0.121. The molecule has 4 heterocycles. The van der Waals surface area contributed by atoms with Crippen molar-refractivity contribution in [1.29, 1.82) is 0 Å². The zero-order valence-electron chi connectivity index (χ0n) is 19.4. The summed E-state index contributed by atoms with van der Waals surface area (Å²) in [5.41, 5.74) is 2.01. The van der Waals surface area contributed by atoms with E-state index in [1.165, 1.54) is 6.92 Å². The minimum Gasteiger partial charge on any atom is -0.491 e. The van der Waals surface area contributed by atoms with Crippen LogP contribution in [0.25, 0.3) is 11.3 Å². The van der Waals surface area contributed by atoms with E-state index in [0.717, 1.165) is 0 Å². The molecule has 1 amide bonds. The van der Waals surface area contributed by atoms with Crippen molar-refractivity contribution in [3.05, 3.63) is 42.2 Å². The number of amides is 1. The monoisotopic (exact) mass is 499 g/mol. The molecule has 0 unspecified atom stereocenters. The van der Waals surface area contributed by atoms with Crippen LogP contribution < -0.4 is 24.8 Å². The maximum atomic E-state index is 11.6. The lowest BCUT2D eigenvalue weighted by atomic mass is 10.1. The fraction of sp³-hybridized carbons (Fsp3) is 0.304. The molecule has 11 nitrogen and oxygen atoms in total. The highest BCUT2D eigenvalue weighted by atomic mass is 32.2. The van der Waals surface area contributed by atoms with E-state index >= 15 is 0 Å². The molecule has 0 saturated carbocycles. The number of thiol groups is 1. The van der Waals surface area contributed by atoms with E-state index in [-0.39, 0.29) is 17.8 Å². The van der Waals surface area contributed by atoms with Gasteiger partial charge in [0.15, 0.2) is 5.75 Å². The van der Waals surface area contributed by atoms with Gasteiger partial charge in [-0.3, -0.25) is 4.79 Å². The van der Waals surface area contributed by atoms with Crippen LogP contribution in [0.1, 0.15) is 26.5 Å². The Labute approximate surface area is 203 Å². The fourth-order valence-electron chi connectivity index (χ4n) is 3.41. The molecule has 0 atom stereocenters. The molecular weight excluding hydrogens is 474 g/mol. The summed E-state index contributed by atoms with van der Waals surface area (Å²) in [6.07, 6.45) is 1.44. The number of nitrogens with zero attached hydrogens (tertiary/aromatic N) is 3. The molecule has 0 spiro atoms. The molecule has 1 aliphatic rings.